The lowest BCUT2D eigenvalue weighted by Gasteiger charge is -2.23. The maximum absolute atomic E-state index is 13.1. The maximum Gasteiger partial charge on any atom is 0.344 e. The van der Waals surface area contributed by atoms with Gasteiger partial charge >= 0.3 is 6.03 Å². The molecular weight excluding hydrogens is 387 g/mol. The summed E-state index contributed by atoms with van der Waals surface area (Å²) in [5.41, 5.74) is 2.80. The number of imide groups is 1. The highest BCUT2D eigenvalue weighted by Crippen LogP contribution is 2.27. The SMILES string of the molecule is C[C@@]1(c2ccccc2)NC(=O)N(NC(=O)C[NH+](Cc2ccc(F)cc2)C2CC2)C1=O. The Bertz CT molecular complexity index is 962. The van der Waals surface area contributed by atoms with Gasteiger partial charge in [-0.1, -0.05) is 42.5 Å². The smallest absolute Gasteiger partial charge is 0.321 e. The van der Waals surface area contributed by atoms with Gasteiger partial charge in [0.25, 0.3) is 11.8 Å². The van der Waals surface area contributed by atoms with E-state index in [1.807, 2.05) is 6.07 Å². The van der Waals surface area contributed by atoms with Crippen LogP contribution in [0, 0.1) is 5.82 Å². The third-order valence-corrected chi connectivity index (χ3v) is 5.67. The average molecular weight is 411 g/mol. The standard InChI is InChI=1S/C22H23FN4O3/c1-22(16-5-3-2-4-6-16)20(29)27(21(30)24-22)25-19(28)14-26(18-11-12-18)13-15-7-9-17(23)10-8-15/h2-10,18H,11-14H2,1H3,(H,24,30)(H,25,28)/p+1/t22-/m0/s1. The van der Waals surface area contributed by atoms with Crippen LogP contribution >= 0.6 is 0 Å². The van der Waals surface area contributed by atoms with Gasteiger partial charge < -0.3 is 10.2 Å². The summed E-state index contributed by atoms with van der Waals surface area (Å²) < 4.78 is 13.1. The first-order chi connectivity index (χ1) is 14.4. The number of halogens is 1. The monoisotopic (exact) mass is 411 g/mol. The third kappa shape index (κ3) is 4.04. The molecule has 1 unspecified atom stereocenters. The number of benzene rings is 2. The lowest BCUT2D eigenvalue weighted by Crippen LogP contribution is -3.13. The van der Waals surface area contributed by atoms with E-state index in [0.29, 0.717) is 18.2 Å². The number of quaternary nitrogens is 1. The molecule has 2 aliphatic rings. The van der Waals surface area contributed by atoms with Gasteiger partial charge in [0.15, 0.2) is 6.54 Å². The van der Waals surface area contributed by atoms with Crippen LogP contribution in [0.1, 0.15) is 30.9 Å². The van der Waals surface area contributed by atoms with Gasteiger partial charge in [-0.2, -0.15) is 5.01 Å². The molecule has 1 saturated carbocycles. The van der Waals surface area contributed by atoms with Crippen molar-refractivity contribution < 1.29 is 23.7 Å². The summed E-state index contributed by atoms with van der Waals surface area (Å²) in [5, 5.41) is 3.43. The van der Waals surface area contributed by atoms with Crippen molar-refractivity contribution in [2.75, 3.05) is 6.54 Å². The molecule has 30 heavy (non-hydrogen) atoms. The summed E-state index contributed by atoms with van der Waals surface area (Å²) in [4.78, 5) is 39.0. The van der Waals surface area contributed by atoms with Crippen molar-refractivity contribution in [2.24, 2.45) is 0 Å². The molecule has 1 heterocycles. The fourth-order valence-corrected chi connectivity index (χ4v) is 3.79. The normalized spacial score (nSPS) is 22.0. The first-order valence-electron chi connectivity index (χ1n) is 9.97. The highest BCUT2D eigenvalue weighted by molar-refractivity contribution is 6.08. The number of amides is 4. The quantitative estimate of drug-likeness (QED) is 0.592. The number of carbonyl (C=O) groups excluding carboxylic acids is 3. The van der Waals surface area contributed by atoms with E-state index in [4.69, 9.17) is 0 Å². The fourth-order valence-electron chi connectivity index (χ4n) is 3.79. The van der Waals surface area contributed by atoms with Crippen molar-refractivity contribution in [3.63, 3.8) is 0 Å². The van der Waals surface area contributed by atoms with Crippen molar-refractivity contribution in [1.82, 2.24) is 15.8 Å². The highest BCUT2D eigenvalue weighted by atomic mass is 19.1. The van der Waals surface area contributed by atoms with E-state index in [1.165, 1.54) is 12.1 Å². The second-order valence-corrected chi connectivity index (χ2v) is 8.01. The Hall–Kier alpha value is -3.26. The zero-order chi connectivity index (χ0) is 21.3. The number of hydrogen-bond donors (Lipinski definition) is 3. The van der Waals surface area contributed by atoms with Crippen LogP contribution in [0.15, 0.2) is 54.6 Å². The minimum Gasteiger partial charge on any atom is -0.321 e. The van der Waals surface area contributed by atoms with E-state index in [2.05, 4.69) is 10.7 Å². The van der Waals surface area contributed by atoms with Crippen molar-refractivity contribution in [3.8, 4) is 0 Å². The van der Waals surface area contributed by atoms with E-state index >= 15 is 0 Å². The van der Waals surface area contributed by atoms with E-state index in [0.717, 1.165) is 28.3 Å². The number of hydrogen-bond acceptors (Lipinski definition) is 3. The number of nitrogens with one attached hydrogen (secondary N) is 3. The second-order valence-electron chi connectivity index (χ2n) is 8.01. The van der Waals surface area contributed by atoms with Crippen LogP contribution in [-0.2, 0) is 21.7 Å². The van der Waals surface area contributed by atoms with E-state index in [-0.39, 0.29) is 12.4 Å². The van der Waals surface area contributed by atoms with Crippen LogP contribution in [0.2, 0.25) is 0 Å². The van der Waals surface area contributed by atoms with Crippen LogP contribution in [-0.4, -0.2) is 35.4 Å². The average Bonchev–Trinajstić information content (AvgIpc) is 3.55. The molecule has 2 aromatic carbocycles. The molecule has 2 fully saturated rings. The van der Waals surface area contributed by atoms with Gasteiger partial charge in [-0.05, 0) is 24.6 Å². The molecule has 1 saturated heterocycles. The van der Waals surface area contributed by atoms with E-state index < -0.39 is 23.4 Å². The molecule has 156 valence electrons. The Morgan fingerprint density at radius 2 is 1.83 bits per heavy atom. The predicted octanol–water partition coefficient (Wildman–Crippen LogP) is 0.871. The van der Waals surface area contributed by atoms with Gasteiger partial charge in [-0.3, -0.25) is 15.0 Å². The van der Waals surface area contributed by atoms with Crippen molar-refractivity contribution in [2.45, 2.75) is 37.9 Å². The molecule has 3 N–H and O–H groups in total. The summed E-state index contributed by atoms with van der Waals surface area (Å²) in [5.74, 6) is -1.25. The molecule has 1 aliphatic heterocycles. The van der Waals surface area contributed by atoms with E-state index in [9.17, 15) is 18.8 Å². The number of carbonyl (C=O) groups is 3. The molecule has 4 amide bonds. The van der Waals surface area contributed by atoms with Gasteiger partial charge in [0.05, 0.1) is 6.04 Å². The molecule has 2 atom stereocenters. The molecule has 0 radical (unpaired) electrons. The Kier molecular flexibility index (Phi) is 5.26. The van der Waals surface area contributed by atoms with Gasteiger partial charge in [0, 0.05) is 18.4 Å². The molecule has 2 aromatic rings. The second kappa shape index (κ2) is 7.87. The molecule has 4 rings (SSSR count). The van der Waals surface area contributed by atoms with Gasteiger partial charge in [0.2, 0.25) is 0 Å². The van der Waals surface area contributed by atoms with Crippen LogP contribution in [0.3, 0.4) is 0 Å². The number of hydrazine groups is 1. The van der Waals surface area contributed by atoms with Gasteiger partial charge in [-0.15, -0.1) is 0 Å². The molecule has 8 heteroatoms. The lowest BCUT2D eigenvalue weighted by atomic mass is 9.92. The summed E-state index contributed by atoms with van der Waals surface area (Å²) in [7, 11) is 0. The maximum atomic E-state index is 13.1. The molecule has 7 nitrogen and oxygen atoms in total. The van der Waals surface area contributed by atoms with Crippen LogP contribution in [0.25, 0.3) is 0 Å². The lowest BCUT2D eigenvalue weighted by molar-refractivity contribution is -0.917. The molecule has 1 aliphatic carbocycles. The zero-order valence-electron chi connectivity index (χ0n) is 16.7. The minimum absolute atomic E-state index is 0.112. The molecule has 0 aromatic heterocycles. The predicted molar refractivity (Wildman–Crippen MR) is 106 cm³/mol. The third-order valence-electron chi connectivity index (χ3n) is 5.67. The minimum atomic E-state index is -1.23. The van der Waals surface area contributed by atoms with Crippen molar-refractivity contribution >= 4 is 17.8 Å². The number of urea groups is 1. The first-order valence-corrected chi connectivity index (χ1v) is 9.97. The first kappa shape index (κ1) is 20.0. The number of rotatable bonds is 7. The Labute approximate surface area is 173 Å². The summed E-state index contributed by atoms with van der Waals surface area (Å²) in [6.45, 7) is 2.30. The van der Waals surface area contributed by atoms with E-state index in [1.54, 1.807) is 43.3 Å². The summed E-state index contributed by atoms with van der Waals surface area (Å²) in [6.07, 6.45) is 2.03. The van der Waals surface area contributed by atoms with Crippen LogP contribution in [0.4, 0.5) is 9.18 Å². The summed E-state index contributed by atoms with van der Waals surface area (Å²) in [6, 6.07) is 14.8. The Morgan fingerprint density at radius 3 is 2.47 bits per heavy atom. The highest BCUT2D eigenvalue weighted by Gasteiger charge is 2.50. The van der Waals surface area contributed by atoms with Crippen molar-refractivity contribution in [1.29, 1.82) is 0 Å². The largest absolute Gasteiger partial charge is 0.344 e. The van der Waals surface area contributed by atoms with Gasteiger partial charge in [0.1, 0.15) is 17.9 Å². The van der Waals surface area contributed by atoms with Crippen LogP contribution in [0.5, 0.6) is 0 Å². The molecule has 0 spiro atoms. The van der Waals surface area contributed by atoms with Crippen LogP contribution < -0.4 is 15.6 Å². The van der Waals surface area contributed by atoms with Gasteiger partial charge in [-0.25, -0.2) is 9.18 Å². The Morgan fingerprint density at radius 1 is 1.17 bits per heavy atom. The molecular formula is C22H24FN4O3+. The summed E-state index contributed by atoms with van der Waals surface area (Å²) >= 11 is 0. The Balaban J connectivity index is 1.42. The number of nitrogens with zero attached hydrogens (tertiary/aromatic N) is 1. The van der Waals surface area contributed by atoms with Crippen molar-refractivity contribution in [3.05, 3.63) is 71.5 Å². The molecule has 0 bridgehead atoms. The zero-order valence-corrected chi connectivity index (χ0v) is 16.7. The fraction of sp³-hybridized carbons (Fsp3) is 0.318. The topological polar surface area (TPSA) is 83.0 Å².